The van der Waals surface area contributed by atoms with E-state index in [-0.39, 0.29) is 5.91 Å². The van der Waals surface area contributed by atoms with Gasteiger partial charge in [-0.05, 0) is 30.9 Å². The lowest BCUT2D eigenvalue weighted by Crippen LogP contribution is -2.46. The summed E-state index contributed by atoms with van der Waals surface area (Å²) >= 11 is 1.88. The number of rotatable bonds is 3. The lowest BCUT2D eigenvalue weighted by molar-refractivity contribution is -0.121. The van der Waals surface area contributed by atoms with Crippen LogP contribution in [-0.4, -0.2) is 30.8 Å². The molecule has 3 nitrogen and oxygen atoms in total. The number of hydrogen-bond acceptors (Lipinski definition) is 3. The molecule has 0 unspecified atom stereocenters. The normalized spacial score (nSPS) is 25.3. The van der Waals surface area contributed by atoms with Crippen LogP contribution in [0.5, 0.6) is 0 Å². The molecule has 1 aliphatic carbocycles. The van der Waals surface area contributed by atoms with Crippen LogP contribution in [0, 0.1) is 5.92 Å². The highest BCUT2D eigenvalue weighted by Crippen LogP contribution is 2.34. The van der Waals surface area contributed by atoms with Gasteiger partial charge in [0.2, 0.25) is 5.91 Å². The average Bonchev–Trinajstić information content (AvgIpc) is 2.50. The Morgan fingerprint density at radius 3 is 3.00 bits per heavy atom. The van der Waals surface area contributed by atoms with Crippen LogP contribution in [0.2, 0.25) is 0 Å². The molecule has 1 aliphatic heterocycles. The molecule has 2 atom stereocenters. The second kappa shape index (κ2) is 6.73. The van der Waals surface area contributed by atoms with E-state index in [4.69, 9.17) is 0 Å². The predicted octanol–water partition coefficient (Wildman–Crippen LogP) is 3.29. The molecular formula is C17H24N2OS. The molecule has 114 valence electrons. The fraction of sp³-hybridized carbons (Fsp3) is 0.588. The monoisotopic (exact) mass is 304 g/mol. The van der Waals surface area contributed by atoms with Gasteiger partial charge < -0.3 is 10.2 Å². The third-order valence-electron chi connectivity index (χ3n) is 4.62. The second-order valence-electron chi connectivity index (χ2n) is 6.17. The number of benzene rings is 1. The Morgan fingerprint density at radius 1 is 1.33 bits per heavy atom. The number of nitrogens with one attached hydrogen (secondary N) is 1. The predicted molar refractivity (Wildman–Crippen MR) is 88.9 cm³/mol. The van der Waals surface area contributed by atoms with Gasteiger partial charge in [0, 0.05) is 23.2 Å². The standard InChI is InChI=1S/C17H24N2OS/c1-13-6-2-3-7-14(13)18-17(20)12-19-10-11-21-16-9-5-4-8-15(16)19/h4-5,8-9,13-14H,2-3,6-7,10-12H2,1H3,(H,18,20)/t13-,14+/m1/s1. The van der Waals surface area contributed by atoms with E-state index in [1.807, 2.05) is 11.8 Å². The molecule has 1 fully saturated rings. The molecule has 1 saturated carbocycles. The molecular weight excluding hydrogens is 280 g/mol. The lowest BCUT2D eigenvalue weighted by atomic mass is 9.86. The van der Waals surface area contributed by atoms with Crippen LogP contribution in [0.1, 0.15) is 32.6 Å². The molecule has 1 heterocycles. The van der Waals surface area contributed by atoms with E-state index in [2.05, 4.69) is 41.4 Å². The van der Waals surface area contributed by atoms with Crippen molar-refractivity contribution in [1.29, 1.82) is 0 Å². The van der Waals surface area contributed by atoms with Gasteiger partial charge in [-0.25, -0.2) is 0 Å². The van der Waals surface area contributed by atoms with E-state index in [9.17, 15) is 4.79 Å². The molecule has 1 N–H and O–H groups in total. The number of carbonyl (C=O) groups is 1. The van der Waals surface area contributed by atoms with E-state index in [1.165, 1.54) is 29.8 Å². The van der Waals surface area contributed by atoms with E-state index >= 15 is 0 Å². The summed E-state index contributed by atoms with van der Waals surface area (Å²) < 4.78 is 0. The molecule has 1 amide bonds. The van der Waals surface area contributed by atoms with Gasteiger partial charge in [0.15, 0.2) is 0 Å². The molecule has 0 aromatic heterocycles. The first-order valence-corrected chi connectivity index (χ1v) is 8.99. The van der Waals surface area contributed by atoms with Crippen molar-refractivity contribution in [2.75, 3.05) is 23.7 Å². The average molecular weight is 304 g/mol. The highest BCUT2D eigenvalue weighted by Gasteiger charge is 2.24. The number of fused-ring (bicyclic) bond motifs is 1. The summed E-state index contributed by atoms with van der Waals surface area (Å²) in [5.41, 5.74) is 1.21. The minimum atomic E-state index is 0.176. The first-order chi connectivity index (χ1) is 10.2. The zero-order chi connectivity index (χ0) is 14.7. The molecule has 0 saturated heterocycles. The van der Waals surface area contributed by atoms with Crippen LogP contribution in [0.4, 0.5) is 5.69 Å². The highest BCUT2D eigenvalue weighted by molar-refractivity contribution is 7.99. The maximum absolute atomic E-state index is 12.4. The summed E-state index contributed by atoms with van der Waals surface area (Å²) in [5.74, 6) is 1.85. The fourth-order valence-electron chi connectivity index (χ4n) is 3.35. The molecule has 4 heteroatoms. The zero-order valence-corrected chi connectivity index (χ0v) is 13.5. The SMILES string of the molecule is C[C@@H]1CCCC[C@@H]1NC(=O)CN1CCSc2ccccc21. The molecule has 3 rings (SSSR count). The molecule has 1 aromatic rings. The minimum Gasteiger partial charge on any atom is -0.360 e. The van der Waals surface area contributed by atoms with Crippen molar-refractivity contribution in [3.05, 3.63) is 24.3 Å². The van der Waals surface area contributed by atoms with Crippen LogP contribution in [0.3, 0.4) is 0 Å². The Hall–Kier alpha value is -1.16. The summed E-state index contributed by atoms with van der Waals surface area (Å²) in [5, 5.41) is 3.26. The molecule has 0 spiro atoms. The van der Waals surface area contributed by atoms with Gasteiger partial charge in [-0.1, -0.05) is 31.9 Å². The first-order valence-electron chi connectivity index (χ1n) is 8.00. The zero-order valence-electron chi connectivity index (χ0n) is 12.7. The van der Waals surface area contributed by atoms with Crippen molar-refractivity contribution in [3.8, 4) is 0 Å². The van der Waals surface area contributed by atoms with Crippen molar-refractivity contribution in [2.45, 2.75) is 43.5 Å². The Morgan fingerprint density at radius 2 is 2.14 bits per heavy atom. The van der Waals surface area contributed by atoms with E-state index in [0.29, 0.717) is 18.5 Å². The van der Waals surface area contributed by atoms with Crippen molar-refractivity contribution >= 4 is 23.4 Å². The van der Waals surface area contributed by atoms with Crippen molar-refractivity contribution in [3.63, 3.8) is 0 Å². The van der Waals surface area contributed by atoms with Crippen molar-refractivity contribution in [1.82, 2.24) is 5.32 Å². The summed E-state index contributed by atoms with van der Waals surface area (Å²) in [6, 6.07) is 8.77. The molecule has 0 radical (unpaired) electrons. The van der Waals surface area contributed by atoms with Crippen LogP contribution in [-0.2, 0) is 4.79 Å². The topological polar surface area (TPSA) is 32.3 Å². The number of nitrogens with zero attached hydrogens (tertiary/aromatic N) is 1. The smallest absolute Gasteiger partial charge is 0.239 e. The van der Waals surface area contributed by atoms with Crippen LogP contribution < -0.4 is 10.2 Å². The molecule has 2 aliphatic rings. The van der Waals surface area contributed by atoms with Gasteiger partial charge in [-0.15, -0.1) is 11.8 Å². The summed E-state index contributed by atoms with van der Waals surface area (Å²) in [6.07, 6.45) is 4.94. The number of anilines is 1. The van der Waals surface area contributed by atoms with E-state index in [1.54, 1.807) is 0 Å². The Labute approximate surface area is 131 Å². The van der Waals surface area contributed by atoms with Gasteiger partial charge in [-0.2, -0.15) is 0 Å². The van der Waals surface area contributed by atoms with Gasteiger partial charge in [-0.3, -0.25) is 4.79 Å². The van der Waals surface area contributed by atoms with E-state index < -0.39 is 0 Å². The third-order valence-corrected chi connectivity index (χ3v) is 5.66. The largest absolute Gasteiger partial charge is 0.360 e. The fourth-order valence-corrected chi connectivity index (χ4v) is 4.40. The van der Waals surface area contributed by atoms with Gasteiger partial charge in [0.25, 0.3) is 0 Å². The Balaban J connectivity index is 1.60. The molecule has 21 heavy (non-hydrogen) atoms. The first kappa shape index (κ1) is 14.8. The maximum atomic E-state index is 12.4. The van der Waals surface area contributed by atoms with E-state index in [0.717, 1.165) is 18.7 Å². The summed E-state index contributed by atoms with van der Waals surface area (Å²) in [7, 11) is 0. The number of carbonyl (C=O) groups excluding carboxylic acids is 1. The highest BCUT2D eigenvalue weighted by atomic mass is 32.2. The Kier molecular flexibility index (Phi) is 4.73. The van der Waals surface area contributed by atoms with Crippen LogP contribution in [0.25, 0.3) is 0 Å². The number of amides is 1. The molecule has 1 aromatic carbocycles. The van der Waals surface area contributed by atoms with Gasteiger partial charge >= 0.3 is 0 Å². The summed E-state index contributed by atoms with van der Waals surface area (Å²) in [4.78, 5) is 15.9. The number of thioether (sulfide) groups is 1. The van der Waals surface area contributed by atoms with Crippen LogP contribution >= 0.6 is 11.8 Å². The second-order valence-corrected chi connectivity index (χ2v) is 7.31. The third kappa shape index (κ3) is 3.54. The Bertz CT molecular complexity index is 505. The number of hydrogen-bond donors (Lipinski definition) is 1. The minimum absolute atomic E-state index is 0.176. The molecule has 0 bridgehead atoms. The van der Waals surface area contributed by atoms with Crippen molar-refractivity contribution in [2.24, 2.45) is 5.92 Å². The van der Waals surface area contributed by atoms with Crippen molar-refractivity contribution < 1.29 is 4.79 Å². The van der Waals surface area contributed by atoms with Gasteiger partial charge in [0.1, 0.15) is 0 Å². The lowest BCUT2D eigenvalue weighted by Gasteiger charge is -2.33. The van der Waals surface area contributed by atoms with Gasteiger partial charge in [0.05, 0.1) is 12.2 Å². The maximum Gasteiger partial charge on any atom is 0.239 e. The van der Waals surface area contributed by atoms with Crippen LogP contribution in [0.15, 0.2) is 29.2 Å². The quantitative estimate of drug-likeness (QED) is 0.930. The number of para-hydroxylation sites is 1. The summed E-state index contributed by atoms with van der Waals surface area (Å²) in [6.45, 7) is 3.70.